The van der Waals surface area contributed by atoms with E-state index in [1.54, 1.807) is 19.2 Å². The highest BCUT2D eigenvalue weighted by Crippen LogP contribution is 2.11. The quantitative estimate of drug-likeness (QED) is 0.570. The van der Waals surface area contributed by atoms with Gasteiger partial charge in [0.15, 0.2) is 0 Å². The largest absolute Gasteiger partial charge is 0.396 e. The Balaban J connectivity index is 3.31. The Bertz CT molecular complexity index is 285. The zero-order valence-electron chi connectivity index (χ0n) is 5.63. The topological polar surface area (TPSA) is 62.7 Å². The highest BCUT2D eigenvalue weighted by atomic mass is 14.7. The molecule has 0 saturated carbocycles. The number of pyridine rings is 1. The second-order valence-electron chi connectivity index (χ2n) is 1.97. The summed E-state index contributed by atoms with van der Waals surface area (Å²) in [5.41, 5.74) is 7.19. The van der Waals surface area contributed by atoms with Crippen molar-refractivity contribution in [1.29, 1.82) is 5.26 Å². The molecule has 0 aliphatic carbocycles. The van der Waals surface area contributed by atoms with Crippen molar-refractivity contribution in [1.82, 2.24) is 4.98 Å². The lowest BCUT2D eigenvalue weighted by Gasteiger charge is -1.97. The van der Waals surface area contributed by atoms with E-state index in [1.165, 1.54) is 0 Å². The molecule has 0 aliphatic heterocycles. The van der Waals surface area contributed by atoms with Gasteiger partial charge in [0, 0.05) is 6.20 Å². The summed E-state index contributed by atoms with van der Waals surface area (Å²) in [4.78, 5) is 3.91. The van der Waals surface area contributed by atoms with Gasteiger partial charge in [-0.25, -0.2) is 0 Å². The van der Waals surface area contributed by atoms with Gasteiger partial charge in [0.05, 0.1) is 16.9 Å². The van der Waals surface area contributed by atoms with Crippen molar-refractivity contribution < 1.29 is 0 Å². The maximum absolute atomic E-state index is 8.49. The molecule has 0 radical (unpaired) electrons. The average molecular weight is 133 g/mol. The van der Waals surface area contributed by atoms with Gasteiger partial charge in [-0.1, -0.05) is 0 Å². The minimum absolute atomic E-state index is 0.477. The van der Waals surface area contributed by atoms with Crippen LogP contribution in [0.5, 0.6) is 0 Å². The van der Waals surface area contributed by atoms with E-state index in [4.69, 9.17) is 11.0 Å². The Morgan fingerprint density at radius 1 is 1.70 bits per heavy atom. The molecule has 0 aliphatic rings. The van der Waals surface area contributed by atoms with Crippen LogP contribution in [0.2, 0.25) is 0 Å². The lowest BCUT2D eigenvalue weighted by Crippen LogP contribution is -1.95. The molecular formula is C7H7N3. The van der Waals surface area contributed by atoms with Crippen LogP contribution in [0.1, 0.15) is 11.3 Å². The standard InChI is InChI=1S/C7H7N3/c1-5-7(9)6(4-8)2-3-10-5/h2-3H,9H2,1H3. The third kappa shape index (κ3) is 0.914. The number of aromatic nitrogens is 1. The molecule has 50 valence electrons. The smallest absolute Gasteiger partial charge is 0.101 e. The number of nitrogens with zero attached hydrogens (tertiary/aromatic N) is 2. The first-order valence-electron chi connectivity index (χ1n) is 2.87. The van der Waals surface area contributed by atoms with Gasteiger partial charge in [-0.05, 0) is 13.0 Å². The number of nitrogen functional groups attached to an aromatic ring is 1. The van der Waals surface area contributed by atoms with Gasteiger partial charge >= 0.3 is 0 Å². The van der Waals surface area contributed by atoms with Crippen LogP contribution in [-0.4, -0.2) is 4.98 Å². The van der Waals surface area contributed by atoms with Gasteiger partial charge in [0.1, 0.15) is 6.07 Å². The fourth-order valence-corrected chi connectivity index (χ4v) is 0.675. The highest BCUT2D eigenvalue weighted by molar-refractivity contribution is 5.55. The summed E-state index contributed by atoms with van der Waals surface area (Å²) >= 11 is 0. The van der Waals surface area contributed by atoms with Crippen molar-refractivity contribution in [2.24, 2.45) is 0 Å². The minimum atomic E-state index is 0.477. The number of nitriles is 1. The number of hydrogen-bond donors (Lipinski definition) is 1. The first-order chi connectivity index (χ1) is 4.75. The van der Waals surface area contributed by atoms with Crippen molar-refractivity contribution in [2.75, 3.05) is 5.73 Å². The molecule has 3 heteroatoms. The van der Waals surface area contributed by atoms with Crippen molar-refractivity contribution in [3.8, 4) is 6.07 Å². The maximum atomic E-state index is 8.49. The van der Waals surface area contributed by atoms with Gasteiger partial charge in [-0.15, -0.1) is 0 Å². The molecule has 0 atom stereocenters. The zero-order valence-corrected chi connectivity index (χ0v) is 5.63. The molecule has 0 bridgehead atoms. The van der Waals surface area contributed by atoms with Gasteiger partial charge in [0.25, 0.3) is 0 Å². The van der Waals surface area contributed by atoms with Gasteiger partial charge in [-0.3, -0.25) is 4.98 Å². The van der Waals surface area contributed by atoms with E-state index in [1.807, 2.05) is 6.07 Å². The summed E-state index contributed by atoms with van der Waals surface area (Å²) in [7, 11) is 0. The highest BCUT2D eigenvalue weighted by Gasteiger charge is 1.98. The van der Waals surface area contributed by atoms with E-state index >= 15 is 0 Å². The van der Waals surface area contributed by atoms with Crippen LogP contribution in [0, 0.1) is 18.3 Å². The maximum Gasteiger partial charge on any atom is 0.101 e. The first-order valence-corrected chi connectivity index (χ1v) is 2.87. The number of nitrogens with two attached hydrogens (primary N) is 1. The SMILES string of the molecule is Cc1nccc(C#N)c1N. The number of aryl methyl sites for hydroxylation is 1. The average Bonchev–Trinajstić information content (AvgIpc) is 1.95. The van der Waals surface area contributed by atoms with Crippen LogP contribution in [0.15, 0.2) is 12.3 Å². The summed E-state index contributed by atoms with van der Waals surface area (Å²) in [6.45, 7) is 1.77. The third-order valence-corrected chi connectivity index (χ3v) is 1.31. The predicted octanol–water partition coefficient (Wildman–Crippen LogP) is 0.844. The zero-order chi connectivity index (χ0) is 7.56. The summed E-state index contributed by atoms with van der Waals surface area (Å²) in [6.07, 6.45) is 1.57. The molecule has 0 amide bonds. The molecule has 0 unspecified atom stereocenters. The van der Waals surface area contributed by atoms with E-state index in [9.17, 15) is 0 Å². The molecule has 0 saturated heterocycles. The normalized spacial score (nSPS) is 8.80. The van der Waals surface area contributed by atoms with E-state index in [-0.39, 0.29) is 0 Å². The molecule has 3 nitrogen and oxygen atoms in total. The first kappa shape index (κ1) is 6.56. The minimum Gasteiger partial charge on any atom is -0.396 e. The van der Waals surface area contributed by atoms with Crippen LogP contribution in [0.25, 0.3) is 0 Å². The van der Waals surface area contributed by atoms with Crippen molar-refractivity contribution >= 4 is 5.69 Å². The second-order valence-corrected chi connectivity index (χ2v) is 1.97. The molecule has 0 spiro atoms. The fourth-order valence-electron chi connectivity index (χ4n) is 0.675. The Hall–Kier alpha value is -1.56. The Labute approximate surface area is 59.1 Å². The van der Waals surface area contributed by atoms with Gasteiger partial charge in [-0.2, -0.15) is 5.26 Å². The second kappa shape index (κ2) is 2.36. The fraction of sp³-hybridized carbons (Fsp3) is 0.143. The predicted molar refractivity (Wildman–Crippen MR) is 38.1 cm³/mol. The van der Waals surface area contributed by atoms with Crippen LogP contribution in [0.3, 0.4) is 0 Å². The van der Waals surface area contributed by atoms with Crippen molar-refractivity contribution in [2.45, 2.75) is 6.92 Å². The molecule has 10 heavy (non-hydrogen) atoms. The molecule has 1 aromatic heterocycles. The van der Waals surface area contributed by atoms with E-state index < -0.39 is 0 Å². The van der Waals surface area contributed by atoms with Gasteiger partial charge in [0.2, 0.25) is 0 Å². The number of hydrogen-bond acceptors (Lipinski definition) is 3. The molecule has 0 aromatic carbocycles. The van der Waals surface area contributed by atoms with Crippen molar-refractivity contribution in [3.63, 3.8) is 0 Å². The summed E-state index contributed by atoms with van der Waals surface area (Å²) in [6, 6.07) is 3.57. The number of anilines is 1. The van der Waals surface area contributed by atoms with Crippen LogP contribution >= 0.6 is 0 Å². The van der Waals surface area contributed by atoms with Crippen molar-refractivity contribution in [3.05, 3.63) is 23.5 Å². The number of rotatable bonds is 0. The molecule has 0 fully saturated rings. The van der Waals surface area contributed by atoms with E-state index in [0.717, 1.165) is 0 Å². The van der Waals surface area contributed by atoms with Gasteiger partial charge < -0.3 is 5.73 Å². The van der Waals surface area contributed by atoms with Crippen LogP contribution in [0.4, 0.5) is 5.69 Å². The molecule has 2 N–H and O–H groups in total. The monoisotopic (exact) mass is 133 g/mol. The lowest BCUT2D eigenvalue weighted by molar-refractivity contribution is 1.20. The Kier molecular flexibility index (Phi) is 1.55. The Morgan fingerprint density at radius 3 is 2.90 bits per heavy atom. The molecule has 1 aromatic rings. The third-order valence-electron chi connectivity index (χ3n) is 1.31. The summed E-state index contributed by atoms with van der Waals surface area (Å²) in [5.74, 6) is 0. The molecule has 1 heterocycles. The molecule has 1 rings (SSSR count). The van der Waals surface area contributed by atoms with E-state index in [0.29, 0.717) is 16.9 Å². The summed E-state index contributed by atoms with van der Waals surface area (Å²) in [5, 5.41) is 8.49. The van der Waals surface area contributed by atoms with Crippen LogP contribution in [-0.2, 0) is 0 Å². The lowest BCUT2D eigenvalue weighted by atomic mass is 10.2. The van der Waals surface area contributed by atoms with E-state index in [2.05, 4.69) is 4.98 Å². The molecular weight excluding hydrogens is 126 g/mol. The van der Waals surface area contributed by atoms with Crippen LogP contribution < -0.4 is 5.73 Å². The Morgan fingerprint density at radius 2 is 2.40 bits per heavy atom. The summed E-state index contributed by atoms with van der Waals surface area (Å²) < 4.78 is 0.